The molecule has 1 rings (SSSR count). The molecule has 0 aliphatic carbocycles. The van der Waals surface area contributed by atoms with Crippen LogP contribution in [0.15, 0.2) is 24.8 Å². The zero-order chi connectivity index (χ0) is 13.3. The number of alkyl halides is 3. The van der Waals surface area contributed by atoms with Gasteiger partial charge in [-0.25, -0.2) is 0 Å². The molecule has 1 aromatic carbocycles. The molecule has 0 saturated carbocycles. The maximum atomic E-state index is 12.3. The van der Waals surface area contributed by atoms with Crippen molar-refractivity contribution in [3.05, 3.63) is 42.0 Å². The Balaban J connectivity index is 3.26. The lowest BCUT2D eigenvalue weighted by Gasteiger charge is -2.23. The van der Waals surface area contributed by atoms with Crippen molar-refractivity contribution in [2.24, 2.45) is 0 Å². The molecule has 0 fully saturated rings. The summed E-state index contributed by atoms with van der Waals surface area (Å²) in [4.78, 5) is 0. The summed E-state index contributed by atoms with van der Waals surface area (Å²) in [6.07, 6.45) is -2.16. The summed E-state index contributed by atoms with van der Waals surface area (Å²) in [5.41, 5.74) is 0.534. The first-order chi connectivity index (χ1) is 7.63. The number of hydrogen-bond acceptors (Lipinski definition) is 1. The van der Waals surface area contributed by atoms with Crippen LogP contribution in [0.3, 0.4) is 0 Å². The number of rotatable bonds is 2. The molecule has 0 saturated heterocycles. The van der Waals surface area contributed by atoms with E-state index in [4.69, 9.17) is 0 Å². The lowest BCUT2D eigenvalue weighted by Crippen LogP contribution is -2.21. The Bertz CT molecular complexity index is 414. The minimum Gasteiger partial charge on any atom is -0.405 e. The molecule has 1 radical (unpaired) electrons. The van der Waals surface area contributed by atoms with Crippen molar-refractivity contribution in [2.75, 3.05) is 0 Å². The molecule has 93 valence electrons. The standard InChI is InChI=1S/C13H14F3O/c1-5-9-6-7-10(12(2,3)4)11(8-9)17-13(14,15)16/h6-8H,1H2,2-4H3. The van der Waals surface area contributed by atoms with E-state index in [9.17, 15) is 13.2 Å². The van der Waals surface area contributed by atoms with Crippen LogP contribution in [0.2, 0.25) is 0 Å². The molecular weight excluding hydrogens is 229 g/mol. The molecule has 0 aromatic heterocycles. The van der Waals surface area contributed by atoms with Crippen molar-refractivity contribution in [2.45, 2.75) is 32.5 Å². The summed E-state index contributed by atoms with van der Waals surface area (Å²) in [5, 5.41) is 0. The largest absolute Gasteiger partial charge is 0.573 e. The third-order valence-electron chi connectivity index (χ3n) is 2.22. The van der Waals surface area contributed by atoms with E-state index in [1.54, 1.807) is 12.1 Å². The molecule has 0 amide bonds. The van der Waals surface area contributed by atoms with Gasteiger partial charge in [0.05, 0.1) is 0 Å². The van der Waals surface area contributed by atoms with E-state index in [2.05, 4.69) is 17.4 Å². The molecule has 4 heteroatoms. The number of hydrogen-bond donors (Lipinski definition) is 0. The second-order valence-corrected chi connectivity index (χ2v) is 4.69. The zero-order valence-corrected chi connectivity index (χ0v) is 9.98. The first kappa shape index (κ1) is 13.6. The van der Waals surface area contributed by atoms with E-state index in [-0.39, 0.29) is 5.75 Å². The van der Waals surface area contributed by atoms with Crippen LogP contribution in [-0.2, 0) is 5.41 Å². The minimum atomic E-state index is -4.69. The first-order valence-corrected chi connectivity index (χ1v) is 5.07. The van der Waals surface area contributed by atoms with Crippen molar-refractivity contribution < 1.29 is 17.9 Å². The van der Waals surface area contributed by atoms with Gasteiger partial charge >= 0.3 is 6.36 Å². The number of halogens is 3. The highest BCUT2D eigenvalue weighted by Gasteiger charge is 2.33. The van der Waals surface area contributed by atoms with Gasteiger partial charge in [-0.05, 0) is 28.7 Å². The average molecular weight is 243 g/mol. The van der Waals surface area contributed by atoms with Crippen molar-refractivity contribution >= 4 is 0 Å². The molecule has 0 aliphatic heterocycles. The summed E-state index contributed by atoms with van der Waals surface area (Å²) in [7, 11) is 0. The van der Waals surface area contributed by atoms with E-state index < -0.39 is 11.8 Å². The molecule has 0 spiro atoms. The highest BCUT2D eigenvalue weighted by Crippen LogP contribution is 2.35. The van der Waals surface area contributed by atoms with E-state index in [0.29, 0.717) is 11.1 Å². The molecule has 1 aromatic rings. The zero-order valence-electron chi connectivity index (χ0n) is 9.98. The lowest BCUT2D eigenvalue weighted by molar-refractivity contribution is -0.275. The van der Waals surface area contributed by atoms with E-state index in [0.717, 1.165) is 0 Å². The average Bonchev–Trinajstić information content (AvgIpc) is 2.13. The van der Waals surface area contributed by atoms with Gasteiger partial charge in [-0.1, -0.05) is 39.5 Å². The Morgan fingerprint density at radius 2 is 1.76 bits per heavy atom. The lowest BCUT2D eigenvalue weighted by atomic mass is 9.86. The van der Waals surface area contributed by atoms with Gasteiger partial charge < -0.3 is 4.74 Å². The van der Waals surface area contributed by atoms with Crippen LogP contribution in [0.5, 0.6) is 5.75 Å². The SMILES string of the molecule is C=[C]c1ccc(C(C)(C)C)c(OC(F)(F)F)c1. The van der Waals surface area contributed by atoms with Crippen LogP contribution in [0.4, 0.5) is 13.2 Å². The van der Waals surface area contributed by atoms with Crippen LogP contribution in [-0.4, -0.2) is 6.36 Å². The van der Waals surface area contributed by atoms with E-state index >= 15 is 0 Å². The first-order valence-electron chi connectivity index (χ1n) is 5.07. The highest BCUT2D eigenvalue weighted by atomic mass is 19.4. The van der Waals surface area contributed by atoms with Crippen LogP contribution in [0, 0.1) is 6.08 Å². The Labute approximate surface area is 98.9 Å². The predicted molar refractivity (Wildman–Crippen MR) is 59.8 cm³/mol. The monoisotopic (exact) mass is 243 g/mol. The van der Waals surface area contributed by atoms with Crippen molar-refractivity contribution in [3.63, 3.8) is 0 Å². The van der Waals surface area contributed by atoms with Gasteiger partial charge in [-0.3, -0.25) is 0 Å². The van der Waals surface area contributed by atoms with E-state index in [1.807, 2.05) is 20.8 Å². The Morgan fingerprint density at radius 1 is 1.18 bits per heavy atom. The Hall–Kier alpha value is -1.45. The molecule has 0 heterocycles. The predicted octanol–water partition coefficient (Wildman–Crippen LogP) is 4.22. The Morgan fingerprint density at radius 3 is 2.18 bits per heavy atom. The molecule has 0 N–H and O–H groups in total. The van der Waals surface area contributed by atoms with Crippen molar-refractivity contribution in [3.8, 4) is 5.75 Å². The van der Waals surface area contributed by atoms with Crippen LogP contribution in [0.25, 0.3) is 0 Å². The third kappa shape index (κ3) is 3.80. The second-order valence-electron chi connectivity index (χ2n) is 4.69. The molecule has 0 atom stereocenters. The molecule has 0 bridgehead atoms. The maximum absolute atomic E-state index is 12.3. The Kier molecular flexibility index (Phi) is 3.55. The maximum Gasteiger partial charge on any atom is 0.573 e. The molecular formula is C13H14F3O. The highest BCUT2D eigenvalue weighted by molar-refractivity contribution is 5.43. The number of ether oxygens (including phenoxy) is 1. The normalized spacial score (nSPS) is 12.4. The van der Waals surface area contributed by atoms with Gasteiger partial charge in [0.15, 0.2) is 0 Å². The molecule has 1 nitrogen and oxygen atoms in total. The third-order valence-corrected chi connectivity index (χ3v) is 2.22. The van der Waals surface area contributed by atoms with Gasteiger partial charge in [-0.15, -0.1) is 13.2 Å². The van der Waals surface area contributed by atoms with Gasteiger partial charge in [0.25, 0.3) is 0 Å². The fraction of sp³-hybridized carbons (Fsp3) is 0.385. The van der Waals surface area contributed by atoms with Gasteiger partial charge in [0.2, 0.25) is 0 Å². The summed E-state index contributed by atoms with van der Waals surface area (Å²) in [6.45, 7) is 8.87. The second kappa shape index (κ2) is 4.43. The van der Waals surface area contributed by atoms with Crippen LogP contribution < -0.4 is 4.74 Å². The molecule has 0 unspecified atom stereocenters. The molecule has 17 heavy (non-hydrogen) atoms. The van der Waals surface area contributed by atoms with Crippen LogP contribution >= 0.6 is 0 Å². The minimum absolute atomic E-state index is 0.196. The molecule has 0 aliphatic rings. The van der Waals surface area contributed by atoms with Gasteiger partial charge in [0, 0.05) is 0 Å². The van der Waals surface area contributed by atoms with Crippen molar-refractivity contribution in [1.29, 1.82) is 0 Å². The van der Waals surface area contributed by atoms with Crippen LogP contribution in [0.1, 0.15) is 31.9 Å². The summed E-state index contributed by atoms with van der Waals surface area (Å²) >= 11 is 0. The topological polar surface area (TPSA) is 9.23 Å². The fourth-order valence-corrected chi connectivity index (χ4v) is 1.46. The van der Waals surface area contributed by atoms with Gasteiger partial charge in [0.1, 0.15) is 5.75 Å². The summed E-state index contributed by atoms with van der Waals surface area (Å²) in [6, 6.07) is 4.56. The van der Waals surface area contributed by atoms with E-state index in [1.165, 1.54) is 6.07 Å². The smallest absolute Gasteiger partial charge is 0.405 e. The quantitative estimate of drug-likeness (QED) is 0.755. The van der Waals surface area contributed by atoms with Crippen molar-refractivity contribution in [1.82, 2.24) is 0 Å². The summed E-state index contributed by atoms with van der Waals surface area (Å²) < 4.78 is 40.9. The van der Waals surface area contributed by atoms with Gasteiger partial charge in [-0.2, -0.15) is 0 Å². The summed E-state index contributed by atoms with van der Waals surface area (Å²) in [5.74, 6) is -0.196. The fourth-order valence-electron chi connectivity index (χ4n) is 1.46. The number of benzene rings is 1.